The van der Waals surface area contributed by atoms with Gasteiger partial charge in [-0.05, 0) is 55.5 Å². The van der Waals surface area contributed by atoms with Crippen molar-refractivity contribution in [1.82, 2.24) is 20.1 Å². The minimum atomic E-state index is -0.533. The van der Waals surface area contributed by atoms with Crippen molar-refractivity contribution in [3.63, 3.8) is 0 Å². The molecule has 2 aliphatic rings. The molecule has 2 amide bonds. The van der Waals surface area contributed by atoms with Gasteiger partial charge in [-0.2, -0.15) is 5.10 Å². The van der Waals surface area contributed by atoms with Gasteiger partial charge in [-0.25, -0.2) is 0 Å². The van der Waals surface area contributed by atoms with E-state index in [0.29, 0.717) is 37.6 Å². The zero-order chi connectivity index (χ0) is 24.7. The van der Waals surface area contributed by atoms with E-state index in [-0.39, 0.29) is 11.4 Å². The largest absolute Gasteiger partial charge is 0.380 e. The molecular formula is C26H29N5O4. The quantitative estimate of drug-likeness (QED) is 0.585. The smallest absolute Gasteiger partial charge is 0.272 e. The fourth-order valence-electron chi connectivity index (χ4n) is 5.03. The second kappa shape index (κ2) is 8.90. The third-order valence-corrected chi connectivity index (χ3v) is 6.83. The highest BCUT2D eigenvalue weighted by Gasteiger charge is 2.37. The van der Waals surface area contributed by atoms with E-state index in [9.17, 15) is 9.59 Å². The second-order valence-electron chi connectivity index (χ2n) is 9.67. The van der Waals surface area contributed by atoms with Gasteiger partial charge >= 0.3 is 0 Å². The molecule has 1 saturated heterocycles. The van der Waals surface area contributed by atoms with Gasteiger partial charge in [0.2, 0.25) is 5.91 Å². The summed E-state index contributed by atoms with van der Waals surface area (Å²) in [6.45, 7) is 6.01. The van der Waals surface area contributed by atoms with Crippen LogP contribution < -0.4 is 5.73 Å². The maximum Gasteiger partial charge on any atom is 0.272 e. The van der Waals surface area contributed by atoms with Crippen molar-refractivity contribution in [1.29, 1.82) is 0 Å². The number of nitrogens with two attached hydrogens (primary N) is 1. The number of nitrogens with one attached hydrogen (secondary N) is 1. The fraction of sp³-hybridized carbons (Fsp3) is 0.385. The second-order valence-corrected chi connectivity index (χ2v) is 9.67. The number of pyridine rings is 1. The molecule has 1 aromatic carbocycles. The molecule has 182 valence electrons. The van der Waals surface area contributed by atoms with E-state index in [1.165, 1.54) is 6.20 Å². The van der Waals surface area contributed by atoms with E-state index < -0.39 is 5.91 Å². The summed E-state index contributed by atoms with van der Waals surface area (Å²) in [5, 5.41) is 7.63. The Morgan fingerprint density at radius 3 is 2.77 bits per heavy atom. The van der Waals surface area contributed by atoms with Crippen LogP contribution in [0.3, 0.4) is 0 Å². The molecule has 0 bridgehead atoms. The fourth-order valence-corrected chi connectivity index (χ4v) is 5.03. The van der Waals surface area contributed by atoms with Crippen LogP contribution in [0, 0.1) is 0 Å². The number of fused-ring (bicyclic) bond motifs is 3. The molecule has 3 heterocycles. The number of amides is 2. The summed E-state index contributed by atoms with van der Waals surface area (Å²) < 4.78 is 11.0. The SMILES string of the molecule is COCc1cc2c(cc1-c1cncc(C(N)=O)c1)-c1n[nH]c(C(=O)N3CCOCC3(C)C)c1CC2. The first kappa shape index (κ1) is 23.2. The first-order chi connectivity index (χ1) is 16.8. The number of aromatic nitrogens is 3. The number of aryl methyl sites for hydroxylation is 1. The summed E-state index contributed by atoms with van der Waals surface area (Å²) in [6, 6.07) is 5.91. The van der Waals surface area contributed by atoms with Crippen LogP contribution in [0.5, 0.6) is 0 Å². The minimum absolute atomic E-state index is 0.0508. The molecule has 35 heavy (non-hydrogen) atoms. The number of methoxy groups -OCH3 is 1. The van der Waals surface area contributed by atoms with E-state index in [0.717, 1.165) is 51.9 Å². The zero-order valence-electron chi connectivity index (χ0n) is 20.2. The molecule has 9 nitrogen and oxygen atoms in total. The predicted octanol–water partition coefficient (Wildman–Crippen LogP) is 2.73. The molecule has 0 unspecified atom stereocenters. The summed E-state index contributed by atoms with van der Waals surface area (Å²) in [7, 11) is 1.65. The van der Waals surface area contributed by atoms with Crippen molar-refractivity contribution >= 4 is 11.8 Å². The minimum Gasteiger partial charge on any atom is -0.380 e. The number of H-pyrrole nitrogens is 1. The number of carbonyl (C=O) groups is 2. The summed E-state index contributed by atoms with van der Waals surface area (Å²) in [6.07, 6.45) is 4.66. The number of morpholine rings is 1. The molecule has 0 spiro atoms. The standard InChI is InChI=1S/C26H29N5O4/c1-26(2)14-35-7-6-31(26)25(33)23-19-5-4-15-8-18(13-34-3)20(10-21(15)22(19)29-30-23)16-9-17(24(27)32)12-28-11-16/h8-12H,4-7,13-14H2,1-3H3,(H2,27,32)(H,29,30). The number of ether oxygens (including phenoxy) is 2. The lowest BCUT2D eigenvalue weighted by Gasteiger charge is -2.42. The molecule has 9 heteroatoms. The Hall–Kier alpha value is -3.56. The van der Waals surface area contributed by atoms with Crippen LogP contribution in [0.4, 0.5) is 0 Å². The Kier molecular flexibility index (Phi) is 5.90. The number of rotatable bonds is 5. The molecule has 1 aliphatic carbocycles. The lowest BCUT2D eigenvalue weighted by atomic mass is 9.84. The molecule has 3 N–H and O–H groups in total. The number of hydrogen-bond donors (Lipinski definition) is 2. The molecule has 0 atom stereocenters. The molecule has 3 aromatic rings. The lowest BCUT2D eigenvalue weighted by Crippen LogP contribution is -2.55. The number of benzene rings is 1. The Morgan fingerprint density at radius 2 is 2.03 bits per heavy atom. The monoisotopic (exact) mass is 475 g/mol. The van der Waals surface area contributed by atoms with Gasteiger partial charge in [0.25, 0.3) is 5.91 Å². The van der Waals surface area contributed by atoms with Crippen molar-refractivity contribution in [2.24, 2.45) is 5.73 Å². The van der Waals surface area contributed by atoms with E-state index in [1.54, 1.807) is 19.4 Å². The number of primary amides is 1. The van der Waals surface area contributed by atoms with Crippen LogP contribution in [-0.2, 0) is 28.9 Å². The van der Waals surface area contributed by atoms with E-state index in [4.69, 9.17) is 15.2 Å². The Labute approximate surface area is 203 Å². The van der Waals surface area contributed by atoms with E-state index in [2.05, 4.69) is 27.3 Å². The number of carbonyl (C=O) groups excluding carboxylic acids is 2. The van der Waals surface area contributed by atoms with Gasteiger partial charge in [-0.1, -0.05) is 6.07 Å². The predicted molar refractivity (Wildman–Crippen MR) is 130 cm³/mol. The van der Waals surface area contributed by atoms with Crippen molar-refractivity contribution in [2.75, 3.05) is 26.9 Å². The first-order valence-corrected chi connectivity index (χ1v) is 11.7. The molecule has 0 radical (unpaired) electrons. The van der Waals surface area contributed by atoms with Gasteiger partial charge in [-0.3, -0.25) is 19.7 Å². The summed E-state index contributed by atoms with van der Waals surface area (Å²) in [4.78, 5) is 31.3. The lowest BCUT2D eigenvalue weighted by molar-refractivity contribution is -0.0373. The maximum atomic E-state index is 13.5. The maximum absolute atomic E-state index is 13.5. The van der Waals surface area contributed by atoms with Gasteiger partial charge in [0.15, 0.2) is 0 Å². The van der Waals surface area contributed by atoms with Gasteiger partial charge in [0.1, 0.15) is 5.69 Å². The first-order valence-electron chi connectivity index (χ1n) is 11.7. The van der Waals surface area contributed by atoms with Crippen molar-refractivity contribution in [3.8, 4) is 22.4 Å². The van der Waals surface area contributed by atoms with E-state index >= 15 is 0 Å². The molecule has 0 saturated carbocycles. The Morgan fingerprint density at radius 1 is 1.20 bits per heavy atom. The van der Waals surface area contributed by atoms with Crippen LogP contribution in [0.1, 0.15) is 51.4 Å². The van der Waals surface area contributed by atoms with Crippen LogP contribution in [0.25, 0.3) is 22.4 Å². The van der Waals surface area contributed by atoms with Crippen LogP contribution in [0.15, 0.2) is 30.6 Å². The normalized spacial score (nSPS) is 16.5. The highest BCUT2D eigenvalue weighted by atomic mass is 16.5. The topological polar surface area (TPSA) is 123 Å². The van der Waals surface area contributed by atoms with Crippen LogP contribution in [-0.4, -0.2) is 64.3 Å². The van der Waals surface area contributed by atoms with Gasteiger partial charge in [-0.15, -0.1) is 0 Å². The highest BCUT2D eigenvalue weighted by Crippen LogP contribution is 2.39. The number of nitrogens with zero attached hydrogens (tertiary/aromatic N) is 3. The summed E-state index contributed by atoms with van der Waals surface area (Å²) >= 11 is 0. The Bertz CT molecular complexity index is 1310. The van der Waals surface area contributed by atoms with Crippen LogP contribution in [0.2, 0.25) is 0 Å². The molecule has 2 aromatic heterocycles. The van der Waals surface area contributed by atoms with Crippen molar-refractivity contribution in [2.45, 2.75) is 38.8 Å². The molecule has 1 aliphatic heterocycles. The zero-order valence-corrected chi connectivity index (χ0v) is 20.2. The summed E-state index contributed by atoms with van der Waals surface area (Å²) in [5.74, 6) is -0.584. The molecule has 1 fully saturated rings. The summed E-state index contributed by atoms with van der Waals surface area (Å²) in [5.41, 5.74) is 12.4. The Balaban J connectivity index is 1.59. The average Bonchev–Trinajstić information content (AvgIpc) is 3.28. The number of hydrogen-bond acceptors (Lipinski definition) is 6. The van der Waals surface area contributed by atoms with Gasteiger partial charge in [0, 0.05) is 42.7 Å². The highest BCUT2D eigenvalue weighted by molar-refractivity contribution is 5.97. The molecule has 5 rings (SSSR count). The third kappa shape index (κ3) is 4.11. The molecular weight excluding hydrogens is 446 g/mol. The van der Waals surface area contributed by atoms with Gasteiger partial charge < -0.3 is 20.1 Å². The number of aromatic amines is 1. The third-order valence-electron chi connectivity index (χ3n) is 6.83. The average molecular weight is 476 g/mol. The van der Waals surface area contributed by atoms with Gasteiger partial charge in [0.05, 0.1) is 36.6 Å². The van der Waals surface area contributed by atoms with Crippen molar-refractivity contribution < 1.29 is 19.1 Å². The van der Waals surface area contributed by atoms with Crippen LogP contribution >= 0.6 is 0 Å². The van der Waals surface area contributed by atoms with E-state index in [1.807, 2.05) is 18.7 Å². The van der Waals surface area contributed by atoms with Crippen molar-refractivity contribution in [3.05, 3.63) is 58.5 Å².